The zero-order valence-electron chi connectivity index (χ0n) is 11.8. The first kappa shape index (κ1) is 14.2. The summed E-state index contributed by atoms with van der Waals surface area (Å²) in [6.07, 6.45) is 1.15. The van der Waals surface area contributed by atoms with E-state index in [9.17, 15) is 9.59 Å². The van der Waals surface area contributed by atoms with Gasteiger partial charge in [0.05, 0.1) is 6.04 Å². The minimum atomic E-state index is -0.614. The average Bonchev–Trinajstić information content (AvgIpc) is 2.54. The summed E-state index contributed by atoms with van der Waals surface area (Å²) in [4.78, 5) is 24.4. The number of primary amides is 1. The summed E-state index contributed by atoms with van der Waals surface area (Å²) in [7, 11) is 0. The van der Waals surface area contributed by atoms with Crippen molar-refractivity contribution in [2.75, 3.05) is 18.8 Å². The molecule has 20 heavy (non-hydrogen) atoms. The Hall–Kier alpha value is -2.25. The van der Waals surface area contributed by atoms with Gasteiger partial charge in [0.25, 0.3) is 5.91 Å². The van der Waals surface area contributed by atoms with Crippen molar-refractivity contribution in [3.63, 3.8) is 0 Å². The van der Waals surface area contributed by atoms with Gasteiger partial charge in [-0.15, -0.1) is 0 Å². The molecule has 0 aliphatic carbocycles. The molecule has 0 aromatic carbocycles. The third kappa shape index (κ3) is 2.84. The van der Waals surface area contributed by atoms with Crippen LogP contribution in [-0.4, -0.2) is 45.4 Å². The number of aromatic nitrogens is 2. The molecule has 8 heteroatoms. The number of amides is 2. The van der Waals surface area contributed by atoms with Crippen molar-refractivity contribution in [2.45, 2.75) is 32.4 Å². The molecule has 0 radical (unpaired) electrons. The number of nitrogens with zero attached hydrogens (tertiary/aromatic N) is 3. The fourth-order valence-electron chi connectivity index (χ4n) is 1.88. The summed E-state index contributed by atoms with van der Waals surface area (Å²) in [6.45, 7) is 6.38. The van der Waals surface area contributed by atoms with Crippen molar-refractivity contribution >= 4 is 17.8 Å². The largest absolute Gasteiger partial charge is 0.444 e. The number of hydrogen-bond donors (Lipinski definition) is 2. The second-order valence-corrected chi connectivity index (χ2v) is 5.81. The molecule has 2 rings (SSSR count). The van der Waals surface area contributed by atoms with E-state index in [2.05, 4.69) is 5.10 Å². The van der Waals surface area contributed by atoms with E-state index in [1.165, 1.54) is 6.20 Å². The zero-order chi connectivity index (χ0) is 15.1. The van der Waals surface area contributed by atoms with E-state index in [1.807, 2.05) is 20.8 Å². The van der Waals surface area contributed by atoms with Crippen LogP contribution >= 0.6 is 0 Å². The molecular formula is C12H19N5O3. The van der Waals surface area contributed by atoms with Crippen LogP contribution in [0.3, 0.4) is 0 Å². The molecule has 0 spiro atoms. The van der Waals surface area contributed by atoms with Crippen molar-refractivity contribution in [1.82, 2.24) is 14.7 Å². The molecule has 1 aliphatic heterocycles. The summed E-state index contributed by atoms with van der Waals surface area (Å²) < 4.78 is 6.82. The van der Waals surface area contributed by atoms with Crippen LogP contribution in [0.1, 0.15) is 37.2 Å². The Bertz CT molecular complexity index is 540. The predicted molar refractivity (Wildman–Crippen MR) is 72.0 cm³/mol. The molecule has 4 N–H and O–H groups in total. The molecule has 0 bridgehead atoms. The number of ether oxygens (including phenoxy) is 1. The zero-order valence-corrected chi connectivity index (χ0v) is 11.8. The number of carbonyl (C=O) groups excluding carboxylic acids is 2. The van der Waals surface area contributed by atoms with Crippen molar-refractivity contribution in [3.8, 4) is 0 Å². The van der Waals surface area contributed by atoms with E-state index < -0.39 is 11.5 Å². The van der Waals surface area contributed by atoms with Gasteiger partial charge in [-0.2, -0.15) is 5.10 Å². The molecular weight excluding hydrogens is 262 g/mol. The van der Waals surface area contributed by atoms with Crippen molar-refractivity contribution in [2.24, 2.45) is 5.73 Å². The second-order valence-electron chi connectivity index (χ2n) is 5.81. The predicted octanol–water partition coefficient (Wildman–Crippen LogP) is 0.356. The Kier molecular flexibility index (Phi) is 3.33. The van der Waals surface area contributed by atoms with Crippen molar-refractivity contribution in [1.29, 1.82) is 0 Å². The third-order valence-corrected chi connectivity index (χ3v) is 2.91. The van der Waals surface area contributed by atoms with Crippen LogP contribution in [0.15, 0.2) is 6.20 Å². The fraction of sp³-hybridized carbons (Fsp3) is 0.583. The highest BCUT2D eigenvalue weighted by molar-refractivity contribution is 5.96. The van der Waals surface area contributed by atoms with Gasteiger partial charge in [-0.3, -0.25) is 9.48 Å². The third-order valence-electron chi connectivity index (χ3n) is 2.91. The first-order chi connectivity index (χ1) is 9.17. The Balaban J connectivity index is 1.95. The quantitative estimate of drug-likeness (QED) is 0.811. The van der Waals surface area contributed by atoms with Gasteiger partial charge >= 0.3 is 6.09 Å². The number of rotatable bonds is 2. The van der Waals surface area contributed by atoms with Gasteiger partial charge in [-0.05, 0) is 20.8 Å². The lowest BCUT2D eigenvalue weighted by Crippen LogP contribution is -2.52. The molecule has 1 aromatic heterocycles. The maximum Gasteiger partial charge on any atom is 0.410 e. The van der Waals surface area contributed by atoms with Crippen LogP contribution < -0.4 is 11.5 Å². The first-order valence-electron chi connectivity index (χ1n) is 6.30. The fourth-order valence-corrected chi connectivity index (χ4v) is 1.88. The molecule has 0 atom stereocenters. The van der Waals surface area contributed by atoms with Gasteiger partial charge in [-0.1, -0.05) is 0 Å². The summed E-state index contributed by atoms with van der Waals surface area (Å²) in [5.41, 5.74) is 10.5. The van der Waals surface area contributed by atoms with Crippen LogP contribution in [0.25, 0.3) is 0 Å². The highest BCUT2D eigenvalue weighted by Crippen LogP contribution is 2.24. The molecule has 2 heterocycles. The van der Waals surface area contributed by atoms with E-state index in [1.54, 1.807) is 9.58 Å². The lowest BCUT2D eigenvalue weighted by atomic mass is 10.1. The highest BCUT2D eigenvalue weighted by Gasteiger charge is 2.35. The standard InChI is InChI=1S/C12H19N5O3/c1-12(2,3)20-11(19)16-4-7(5-16)17-6-8(10(14)18)9(13)15-17/h6-7H,4-5H2,1-3H3,(H2,13,15)(H2,14,18). The summed E-state index contributed by atoms with van der Waals surface area (Å²) >= 11 is 0. The van der Waals surface area contributed by atoms with Gasteiger partial charge in [0.1, 0.15) is 11.2 Å². The van der Waals surface area contributed by atoms with Gasteiger partial charge in [0.15, 0.2) is 5.82 Å². The lowest BCUT2D eigenvalue weighted by molar-refractivity contribution is -0.000371. The molecule has 1 fully saturated rings. The van der Waals surface area contributed by atoms with E-state index in [0.29, 0.717) is 13.1 Å². The van der Waals surface area contributed by atoms with E-state index >= 15 is 0 Å². The lowest BCUT2D eigenvalue weighted by Gasteiger charge is -2.39. The molecule has 1 aliphatic rings. The molecule has 2 amide bonds. The Morgan fingerprint density at radius 3 is 2.45 bits per heavy atom. The van der Waals surface area contributed by atoms with E-state index in [-0.39, 0.29) is 23.5 Å². The Labute approximate surface area is 116 Å². The average molecular weight is 281 g/mol. The number of likely N-dealkylation sites (tertiary alicyclic amines) is 1. The normalized spacial score (nSPS) is 15.8. The van der Waals surface area contributed by atoms with Gasteiger partial charge in [0, 0.05) is 19.3 Å². The maximum atomic E-state index is 11.8. The summed E-state index contributed by atoms with van der Waals surface area (Å²) in [5, 5.41) is 4.04. The first-order valence-corrected chi connectivity index (χ1v) is 6.30. The minimum Gasteiger partial charge on any atom is -0.444 e. The smallest absolute Gasteiger partial charge is 0.410 e. The summed E-state index contributed by atoms with van der Waals surface area (Å²) in [5.74, 6) is -0.509. The molecule has 110 valence electrons. The van der Waals surface area contributed by atoms with Crippen LogP contribution in [0.4, 0.5) is 10.6 Å². The SMILES string of the molecule is CC(C)(C)OC(=O)N1CC(n2cc(C(N)=O)c(N)n2)C1. The Morgan fingerprint density at radius 2 is 2.00 bits per heavy atom. The van der Waals surface area contributed by atoms with Gasteiger partial charge in [0.2, 0.25) is 0 Å². The van der Waals surface area contributed by atoms with Gasteiger partial charge in [-0.25, -0.2) is 4.79 Å². The van der Waals surface area contributed by atoms with Crippen molar-refractivity contribution < 1.29 is 14.3 Å². The Morgan fingerprint density at radius 1 is 1.40 bits per heavy atom. The number of anilines is 1. The molecule has 0 unspecified atom stereocenters. The highest BCUT2D eigenvalue weighted by atomic mass is 16.6. The molecule has 1 aromatic rings. The monoisotopic (exact) mass is 281 g/mol. The van der Waals surface area contributed by atoms with Gasteiger partial charge < -0.3 is 21.1 Å². The second kappa shape index (κ2) is 4.69. The van der Waals surface area contributed by atoms with E-state index in [4.69, 9.17) is 16.2 Å². The maximum absolute atomic E-state index is 11.8. The van der Waals surface area contributed by atoms with E-state index in [0.717, 1.165) is 0 Å². The minimum absolute atomic E-state index is 0.0158. The van der Waals surface area contributed by atoms with Crippen LogP contribution in [0, 0.1) is 0 Å². The summed E-state index contributed by atoms with van der Waals surface area (Å²) in [6, 6.07) is -0.0158. The molecule has 8 nitrogen and oxygen atoms in total. The topological polar surface area (TPSA) is 116 Å². The van der Waals surface area contributed by atoms with Crippen molar-refractivity contribution in [3.05, 3.63) is 11.8 Å². The van der Waals surface area contributed by atoms with Crippen LogP contribution in [0.2, 0.25) is 0 Å². The van der Waals surface area contributed by atoms with Crippen LogP contribution in [-0.2, 0) is 4.74 Å². The number of carbonyl (C=O) groups is 2. The number of hydrogen-bond acceptors (Lipinski definition) is 5. The number of nitrogen functional groups attached to an aromatic ring is 1. The molecule has 1 saturated heterocycles. The molecule has 0 saturated carbocycles. The van der Waals surface area contributed by atoms with Crippen LogP contribution in [0.5, 0.6) is 0 Å². The number of nitrogens with two attached hydrogens (primary N) is 2.